The van der Waals surface area contributed by atoms with Crippen molar-refractivity contribution in [2.24, 2.45) is 0 Å². The first kappa shape index (κ1) is 21.2. The van der Waals surface area contributed by atoms with Crippen molar-refractivity contribution in [2.45, 2.75) is 13.5 Å². The summed E-state index contributed by atoms with van der Waals surface area (Å²) in [6, 6.07) is 19.1. The molecule has 164 valence electrons. The maximum atomic E-state index is 5.99. The zero-order valence-electron chi connectivity index (χ0n) is 18.4. The van der Waals surface area contributed by atoms with Gasteiger partial charge in [0, 0.05) is 17.2 Å². The van der Waals surface area contributed by atoms with Crippen LogP contribution >= 0.6 is 0 Å². The van der Waals surface area contributed by atoms with Crippen LogP contribution in [0.5, 0.6) is 23.0 Å². The van der Waals surface area contributed by atoms with Gasteiger partial charge in [0.05, 0.1) is 21.3 Å². The molecule has 3 aromatic carbocycles. The molecule has 0 N–H and O–H groups in total. The van der Waals surface area contributed by atoms with Gasteiger partial charge in [-0.1, -0.05) is 22.9 Å². The molecule has 0 amide bonds. The molecule has 1 heterocycles. The predicted octanol–water partition coefficient (Wildman–Crippen LogP) is 5.32. The fraction of sp³-hybridized carbons (Fsp3) is 0.200. The number of rotatable bonds is 8. The van der Waals surface area contributed by atoms with E-state index in [1.807, 2.05) is 67.6 Å². The third-order valence-corrected chi connectivity index (χ3v) is 4.95. The van der Waals surface area contributed by atoms with Gasteiger partial charge in [-0.3, -0.25) is 0 Å². The largest absolute Gasteiger partial charge is 0.497 e. The second-order valence-electron chi connectivity index (χ2n) is 7.16. The summed E-state index contributed by atoms with van der Waals surface area (Å²) in [5, 5.41) is 4.11. The molecular weight excluding hydrogens is 408 g/mol. The number of benzene rings is 3. The summed E-state index contributed by atoms with van der Waals surface area (Å²) in [6.45, 7) is 2.35. The quantitative estimate of drug-likeness (QED) is 0.373. The maximum Gasteiger partial charge on any atom is 0.258 e. The van der Waals surface area contributed by atoms with Gasteiger partial charge in [0.2, 0.25) is 5.82 Å². The molecule has 0 radical (unpaired) electrons. The molecule has 7 nitrogen and oxygen atoms in total. The topological polar surface area (TPSA) is 75.8 Å². The highest BCUT2D eigenvalue weighted by atomic mass is 16.5. The highest BCUT2D eigenvalue weighted by Gasteiger charge is 2.14. The van der Waals surface area contributed by atoms with Crippen molar-refractivity contribution in [1.82, 2.24) is 10.1 Å². The van der Waals surface area contributed by atoms with Gasteiger partial charge in [-0.25, -0.2) is 0 Å². The average molecular weight is 432 g/mol. The summed E-state index contributed by atoms with van der Waals surface area (Å²) in [4.78, 5) is 4.52. The van der Waals surface area contributed by atoms with Crippen molar-refractivity contribution in [3.05, 3.63) is 71.8 Å². The Morgan fingerprint density at radius 3 is 2.09 bits per heavy atom. The number of hydrogen-bond acceptors (Lipinski definition) is 7. The second kappa shape index (κ2) is 9.43. The van der Waals surface area contributed by atoms with Crippen LogP contribution in [0.2, 0.25) is 0 Å². The first-order valence-electron chi connectivity index (χ1n) is 10.0. The van der Waals surface area contributed by atoms with E-state index in [-0.39, 0.29) is 0 Å². The fourth-order valence-electron chi connectivity index (χ4n) is 3.19. The fourth-order valence-corrected chi connectivity index (χ4v) is 3.19. The van der Waals surface area contributed by atoms with Crippen molar-refractivity contribution < 1.29 is 23.5 Å². The average Bonchev–Trinajstić information content (AvgIpc) is 3.33. The van der Waals surface area contributed by atoms with Crippen LogP contribution in [0.25, 0.3) is 22.8 Å². The lowest BCUT2D eigenvalue weighted by molar-refractivity contribution is 0.283. The van der Waals surface area contributed by atoms with Gasteiger partial charge >= 0.3 is 0 Å². The standard InChI is InChI=1S/C25H24N2O5/c1-16-5-7-18(8-6-16)25-26-24(27-32-25)19-9-10-22(23(13-19)30-4)31-15-17-11-20(28-2)14-21(12-17)29-3/h5-14H,15H2,1-4H3. The van der Waals surface area contributed by atoms with Crippen molar-refractivity contribution in [3.8, 4) is 45.8 Å². The molecule has 0 aliphatic carbocycles. The Bertz CT molecular complexity index is 1180. The molecule has 0 atom stereocenters. The minimum absolute atomic E-state index is 0.322. The zero-order valence-corrected chi connectivity index (χ0v) is 18.4. The lowest BCUT2D eigenvalue weighted by atomic mass is 10.1. The van der Waals surface area contributed by atoms with Gasteiger partial charge in [-0.2, -0.15) is 4.98 Å². The van der Waals surface area contributed by atoms with E-state index in [2.05, 4.69) is 10.1 Å². The summed E-state index contributed by atoms with van der Waals surface area (Å²) in [5.74, 6) is 3.51. The third-order valence-electron chi connectivity index (χ3n) is 4.95. The summed E-state index contributed by atoms with van der Waals surface area (Å²) < 4.78 is 27.6. The van der Waals surface area contributed by atoms with Crippen LogP contribution in [0.1, 0.15) is 11.1 Å². The third kappa shape index (κ3) is 4.67. The first-order valence-corrected chi connectivity index (χ1v) is 10.0. The zero-order chi connectivity index (χ0) is 22.5. The molecule has 0 aliphatic rings. The Kier molecular flexibility index (Phi) is 6.26. The predicted molar refractivity (Wildman–Crippen MR) is 120 cm³/mol. The summed E-state index contributed by atoms with van der Waals surface area (Å²) >= 11 is 0. The minimum Gasteiger partial charge on any atom is -0.497 e. The van der Waals surface area contributed by atoms with Crippen molar-refractivity contribution >= 4 is 0 Å². The molecule has 1 aromatic heterocycles. The van der Waals surface area contributed by atoms with E-state index in [1.54, 1.807) is 21.3 Å². The van der Waals surface area contributed by atoms with Gasteiger partial charge in [0.25, 0.3) is 5.89 Å². The van der Waals surface area contributed by atoms with E-state index in [0.29, 0.717) is 41.3 Å². The van der Waals surface area contributed by atoms with E-state index in [1.165, 1.54) is 5.56 Å². The monoisotopic (exact) mass is 432 g/mol. The van der Waals surface area contributed by atoms with Gasteiger partial charge in [-0.15, -0.1) is 0 Å². The van der Waals surface area contributed by atoms with E-state index < -0.39 is 0 Å². The van der Waals surface area contributed by atoms with Gasteiger partial charge in [0.15, 0.2) is 11.5 Å². The van der Waals surface area contributed by atoms with E-state index in [9.17, 15) is 0 Å². The van der Waals surface area contributed by atoms with Crippen LogP contribution in [-0.2, 0) is 6.61 Å². The Hall–Kier alpha value is -4.00. The van der Waals surface area contributed by atoms with Crippen LogP contribution in [0.15, 0.2) is 65.2 Å². The highest BCUT2D eigenvalue weighted by Crippen LogP contribution is 2.33. The van der Waals surface area contributed by atoms with Gasteiger partial charge in [0.1, 0.15) is 18.1 Å². The SMILES string of the molecule is COc1cc(COc2ccc(-c3noc(-c4ccc(C)cc4)n3)cc2OC)cc(OC)c1. The van der Waals surface area contributed by atoms with E-state index in [0.717, 1.165) is 16.7 Å². The van der Waals surface area contributed by atoms with Crippen LogP contribution in [0.3, 0.4) is 0 Å². The molecule has 0 bridgehead atoms. The van der Waals surface area contributed by atoms with Crippen LogP contribution < -0.4 is 18.9 Å². The molecule has 7 heteroatoms. The van der Waals surface area contributed by atoms with Crippen LogP contribution in [0, 0.1) is 6.92 Å². The van der Waals surface area contributed by atoms with Crippen molar-refractivity contribution in [1.29, 1.82) is 0 Å². The Morgan fingerprint density at radius 2 is 1.44 bits per heavy atom. The number of methoxy groups -OCH3 is 3. The molecule has 0 saturated carbocycles. The van der Waals surface area contributed by atoms with Crippen molar-refractivity contribution in [3.63, 3.8) is 0 Å². The Morgan fingerprint density at radius 1 is 0.750 bits per heavy atom. The normalized spacial score (nSPS) is 10.6. The van der Waals surface area contributed by atoms with E-state index in [4.69, 9.17) is 23.5 Å². The van der Waals surface area contributed by atoms with Crippen molar-refractivity contribution in [2.75, 3.05) is 21.3 Å². The Labute approximate surface area is 186 Å². The molecule has 0 saturated heterocycles. The molecular formula is C25H24N2O5. The molecule has 32 heavy (non-hydrogen) atoms. The summed E-state index contributed by atoms with van der Waals surface area (Å²) in [6.07, 6.45) is 0. The highest BCUT2D eigenvalue weighted by molar-refractivity contribution is 5.63. The van der Waals surface area contributed by atoms with Crippen LogP contribution in [-0.4, -0.2) is 31.5 Å². The summed E-state index contributed by atoms with van der Waals surface area (Å²) in [5.41, 5.74) is 3.71. The lowest BCUT2D eigenvalue weighted by Crippen LogP contribution is -1.99. The molecule has 0 unspecified atom stereocenters. The van der Waals surface area contributed by atoms with Crippen LogP contribution in [0.4, 0.5) is 0 Å². The molecule has 4 aromatic rings. The minimum atomic E-state index is 0.322. The number of nitrogens with zero attached hydrogens (tertiary/aromatic N) is 2. The summed E-state index contributed by atoms with van der Waals surface area (Å²) in [7, 11) is 4.82. The number of aromatic nitrogens is 2. The van der Waals surface area contributed by atoms with Gasteiger partial charge in [-0.05, 0) is 55.0 Å². The lowest BCUT2D eigenvalue weighted by Gasteiger charge is -2.13. The first-order chi connectivity index (χ1) is 15.6. The number of hydrogen-bond donors (Lipinski definition) is 0. The molecule has 0 spiro atoms. The molecule has 0 aliphatic heterocycles. The number of aryl methyl sites for hydroxylation is 1. The second-order valence-corrected chi connectivity index (χ2v) is 7.16. The molecule has 4 rings (SSSR count). The van der Waals surface area contributed by atoms with E-state index >= 15 is 0 Å². The number of ether oxygens (including phenoxy) is 4. The molecule has 0 fully saturated rings. The smallest absolute Gasteiger partial charge is 0.258 e. The maximum absolute atomic E-state index is 5.99. The van der Waals surface area contributed by atoms with Gasteiger partial charge < -0.3 is 23.5 Å². The Balaban J connectivity index is 1.53.